The highest BCUT2D eigenvalue weighted by Gasteiger charge is 2.22. The molecule has 0 aliphatic carbocycles. The van der Waals surface area contributed by atoms with Crippen LogP contribution in [-0.2, 0) is 6.54 Å². The number of nitrogens with zero attached hydrogens (tertiary/aromatic N) is 2. The Hall–Kier alpha value is -1.32. The molecule has 0 saturated carbocycles. The quantitative estimate of drug-likeness (QED) is 0.902. The lowest BCUT2D eigenvalue weighted by Crippen LogP contribution is -2.40. The van der Waals surface area contributed by atoms with Crippen molar-refractivity contribution in [2.24, 2.45) is 0 Å². The molecule has 1 aromatic heterocycles. The van der Waals surface area contributed by atoms with E-state index in [1.54, 1.807) is 0 Å². The van der Waals surface area contributed by atoms with Gasteiger partial charge in [0.1, 0.15) is 0 Å². The van der Waals surface area contributed by atoms with E-state index in [9.17, 15) is 0 Å². The zero-order valence-electron chi connectivity index (χ0n) is 9.44. The molecule has 17 heavy (non-hydrogen) atoms. The molecule has 1 aromatic carbocycles. The predicted octanol–water partition coefficient (Wildman–Crippen LogP) is 2.27. The van der Waals surface area contributed by atoms with Gasteiger partial charge in [0, 0.05) is 35.9 Å². The molecule has 88 valence electrons. The summed E-state index contributed by atoms with van der Waals surface area (Å²) in [6.07, 6.45) is 3.85. The summed E-state index contributed by atoms with van der Waals surface area (Å²) in [5.74, 6) is 0.597. The Morgan fingerprint density at radius 3 is 2.88 bits per heavy atom. The van der Waals surface area contributed by atoms with E-state index in [2.05, 4.69) is 20.9 Å². The van der Waals surface area contributed by atoms with E-state index >= 15 is 0 Å². The van der Waals surface area contributed by atoms with Crippen molar-refractivity contribution in [1.82, 2.24) is 14.9 Å². The van der Waals surface area contributed by atoms with Crippen molar-refractivity contribution < 1.29 is 0 Å². The SMILES string of the molecule is Clc1ccccc1Cn1cncc1C1CNC1. The fraction of sp³-hybridized carbons (Fsp3) is 0.308. The third kappa shape index (κ3) is 2.08. The minimum absolute atomic E-state index is 0.597. The molecule has 4 heteroatoms. The molecule has 0 atom stereocenters. The van der Waals surface area contributed by atoms with E-state index < -0.39 is 0 Å². The molecule has 0 bridgehead atoms. The largest absolute Gasteiger partial charge is 0.330 e. The average Bonchev–Trinajstić information content (AvgIpc) is 2.68. The van der Waals surface area contributed by atoms with Crippen molar-refractivity contribution >= 4 is 11.6 Å². The van der Waals surface area contributed by atoms with Gasteiger partial charge in [0.2, 0.25) is 0 Å². The minimum atomic E-state index is 0.597. The average molecular weight is 248 g/mol. The Bertz CT molecular complexity index is 517. The summed E-state index contributed by atoms with van der Waals surface area (Å²) >= 11 is 6.17. The summed E-state index contributed by atoms with van der Waals surface area (Å²) in [5, 5.41) is 4.10. The molecular formula is C13H14ClN3. The maximum atomic E-state index is 6.17. The molecule has 0 amide bonds. The van der Waals surface area contributed by atoms with Gasteiger partial charge in [0.25, 0.3) is 0 Å². The fourth-order valence-corrected chi connectivity index (χ4v) is 2.31. The first-order valence-corrected chi connectivity index (χ1v) is 6.16. The van der Waals surface area contributed by atoms with Gasteiger partial charge >= 0.3 is 0 Å². The molecule has 2 aromatic rings. The molecule has 0 unspecified atom stereocenters. The van der Waals surface area contributed by atoms with E-state index in [1.807, 2.05) is 30.7 Å². The van der Waals surface area contributed by atoms with Gasteiger partial charge in [-0.25, -0.2) is 4.98 Å². The summed E-state index contributed by atoms with van der Waals surface area (Å²) in [6.45, 7) is 2.90. The third-order valence-electron chi connectivity index (χ3n) is 3.24. The van der Waals surface area contributed by atoms with E-state index in [1.165, 1.54) is 5.69 Å². The van der Waals surface area contributed by atoms with E-state index in [0.29, 0.717) is 5.92 Å². The van der Waals surface area contributed by atoms with Crippen LogP contribution in [-0.4, -0.2) is 22.6 Å². The van der Waals surface area contributed by atoms with Crippen LogP contribution in [0.15, 0.2) is 36.8 Å². The van der Waals surface area contributed by atoms with Crippen LogP contribution in [0.2, 0.25) is 5.02 Å². The summed E-state index contributed by atoms with van der Waals surface area (Å²) in [5.41, 5.74) is 2.43. The first kappa shape index (κ1) is 10.8. The molecule has 2 heterocycles. The molecule has 3 nitrogen and oxygen atoms in total. The molecule has 3 rings (SSSR count). The summed E-state index contributed by atoms with van der Waals surface area (Å²) in [7, 11) is 0. The first-order chi connectivity index (χ1) is 8.34. The first-order valence-electron chi connectivity index (χ1n) is 5.79. The number of hydrogen-bond acceptors (Lipinski definition) is 2. The summed E-state index contributed by atoms with van der Waals surface area (Å²) in [6, 6.07) is 7.96. The number of rotatable bonds is 3. The normalized spacial score (nSPS) is 15.8. The van der Waals surface area contributed by atoms with E-state index in [0.717, 1.165) is 30.2 Å². The highest BCUT2D eigenvalue weighted by Crippen LogP contribution is 2.22. The number of halogens is 1. The molecule has 1 aliphatic rings. The second-order valence-electron chi connectivity index (χ2n) is 4.39. The highest BCUT2D eigenvalue weighted by molar-refractivity contribution is 6.31. The Morgan fingerprint density at radius 2 is 2.18 bits per heavy atom. The van der Waals surface area contributed by atoms with Gasteiger partial charge in [-0.3, -0.25) is 0 Å². The lowest BCUT2D eigenvalue weighted by Gasteiger charge is -2.28. The molecular weight excluding hydrogens is 234 g/mol. The van der Waals surface area contributed by atoms with Gasteiger partial charge in [-0.2, -0.15) is 0 Å². The Balaban J connectivity index is 1.85. The molecule has 0 spiro atoms. The second-order valence-corrected chi connectivity index (χ2v) is 4.80. The number of nitrogens with one attached hydrogen (secondary N) is 1. The third-order valence-corrected chi connectivity index (χ3v) is 3.61. The van der Waals surface area contributed by atoms with E-state index in [4.69, 9.17) is 11.6 Å². The molecule has 1 fully saturated rings. The van der Waals surface area contributed by atoms with Crippen LogP contribution in [0.1, 0.15) is 17.2 Å². The smallest absolute Gasteiger partial charge is 0.0951 e. The Kier molecular flexibility index (Phi) is 2.87. The lowest BCUT2D eigenvalue weighted by molar-refractivity contribution is 0.427. The molecule has 0 radical (unpaired) electrons. The van der Waals surface area contributed by atoms with Gasteiger partial charge in [-0.15, -0.1) is 0 Å². The van der Waals surface area contributed by atoms with E-state index in [-0.39, 0.29) is 0 Å². The van der Waals surface area contributed by atoms with Crippen molar-refractivity contribution in [3.8, 4) is 0 Å². The number of benzene rings is 1. The van der Waals surface area contributed by atoms with Crippen LogP contribution in [0.4, 0.5) is 0 Å². The van der Waals surface area contributed by atoms with Crippen molar-refractivity contribution in [2.45, 2.75) is 12.5 Å². The fourth-order valence-electron chi connectivity index (χ4n) is 2.11. The van der Waals surface area contributed by atoms with Gasteiger partial charge in [-0.05, 0) is 11.6 Å². The number of hydrogen-bond donors (Lipinski definition) is 1. The number of imidazole rings is 1. The summed E-state index contributed by atoms with van der Waals surface area (Å²) < 4.78 is 2.19. The van der Waals surface area contributed by atoms with Crippen LogP contribution in [0.25, 0.3) is 0 Å². The van der Waals surface area contributed by atoms with Crippen molar-refractivity contribution in [2.75, 3.05) is 13.1 Å². The van der Waals surface area contributed by atoms with Crippen LogP contribution < -0.4 is 5.32 Å². The second kappa shape index (κ2) is 4.51. The van der Waals surface area contributed by atoms with Crippen molar-refractivity contribution in [1.29, 1.82) is 0 Å². The predicted molar refractivity (Wildman–Crippen MR) is 68.4 cm³/mol. The Labute approximate surface area is 105 Å². The van der Waals surface area contributed by atoms with Crippen LogP contribution in [0, 0.1) is 0 Å². The molecule has 1 N–H and O–H groups in total. The molecule has 1 aliphatic heterocycles. The summed E-state index contributed by atoms with van der Waals surface area (Å²) in [4.78, 5) is 4.24. The lowest BCUT2D eigenvalue weighted by atomic mass is 10.00. The zero-order chi connectivity index (χ0) is 11.7. The minimum Gasteiger partial charge on any atom is -0.330 e. The monoisotopic (exact) mass is 247 g/mol. The van der Waals surface area contributed by atoms with Crippen LogP contribution in [0.3, 0.4) is 0 Å². The van der Waals surface area contributed by atoms with Crippen molar-refractivity contribution in [3.63, 3.8) is 0 Å². The standard InChI is InChI=1S/C13H14ClN3/c14-12-4-2-1-3-10(12)8-17-9-16-7-13(17)11-5-15-6-11/h1-4,7,9,11,15H,5-6,8H2. The maximum absolute atomic E-state index is 6.17. The Morgan fingerprint density at radius 1 is 1.35 bits per heavy atom. The molecule has 1 saturated heterocycles. The van der Waals surface area contributed by atoms with Gasteiger partial charge in [-0.1, -0.05) is 29.8 Å². The maximum Gasteiger partial charge on any atom is 0.0951 e. The van der Waals surface area contributed by atoms with Crippen LogP contribution >= 0.6 is 11.6 Å². The topological polar surface area (TPSA) is 29.9 Å². The van der Waals surface area contributed by atoms with Gasteiger partial charge in [0.05, 0.1) is 12.9 Å². The highest BCUT2D eigenvalue weighted by atomic mass is 35.5. The van der Waals surface area contributed by atoms with Crippen molar-refractivity contribution in [3.05, 3.63) is 53.1 Å². The number of aromatic nitrogens is 2. The van der Waals surface area contributed by atoms with Crippen LogP contribution in [0.5, 0.6) is 0 Å². The van der Waals surface area contributed by atoms with Gasteiger partial charge < -0.3 is 9.88 Å². The zero-order valence-corrected chi connectivity index (χ0v) is 10.2. The van der Waals surface area contributed by atoms with Gasteiger partial charge in [0.15, 0.2) is 0 Å².